The van der Waals surface area contributed by atoms with Gasteiger partial charge in [-0.1, -0.05) is 160 Å². The Morgan fingerprint density at radius 1 is 0.636 bits per heavy atom. The molecule has 1 aliphatic carbocycles. The summed E-state index contributed by atoms with van der Waals surface area (Å²) in [5.74, 6) is 0.944. The van der Waals surface area contributed by atoms with E-state index < -0.39 is 8.80 Å². The maximum atomic E-state index is 6.60. The lowest BCUT2D eigenvalue weighted by molar-refractivity contribution is 0.369. The van der Waals surface area contributed by atoms with Crippen molar-refractivity contribution in [3.05, 3.63) is 151 Å². The fourth-order valence-corrected chi connectivity index (χ4v) is 10.5. The van der Waals surface area contributed by atoms with Gasteiger partial charge in [0.25, 0.3) is 0 Å². The molecule has 44 heavy (non-hydrogen) atoms. The molecule has 0 bridgehead atoms. The summed E-state index contributed by atoms with van der Waals surface area (Å²) in [6, 6.07) is 49.3. The summed E-state index contributed by atoms with van der Waals surface area (Å²) in [7, 11) is -1.24. The van der Waals surface area contributed by atoms with Gasteiger partial charge in [0.2, 0.25) is 0 Å². The Hall–Kier alpha value is -4.66. The highest BCUT2D eigenvalue weighted by atomic mass is 28.3. The van der Waals surface area contributed by atoms with Gasteiger partial charge in [0.15, 0.2) is 0 Å². The molecule has 6 aromatic rings. The molecular formula is C42H38OSi. The van der Waals surface area contributed by atoms with E-state index in [0.29, 0.717) is 12.1 Å². The summed E-state index contributed by atoms with van der Waals surface area (Å²) in [6.45, 7) is 9.26. The van der Waals surface area contributed by atoms with E-state index in [-0.39, 0.29) is 0 Å². The molecule has 216 valence electrons. The van der Waals surface area contributed by atoms with Crippen LogP contribution in [0, 0.1) is 0 Å². The van der Waals surface area contributed by atoms with E-state index in [1.807, 2.05) is 6.08 Å². The molecule has 1 atom stereocenters. The molecule has 6 aromatic carbocycles. The summed E-state index contributed by atoms with van der Waals surface area (Å²) in [6.07, 6.45) is 1.85. The molecule has 0 saturated heterocycles. The smallest absolute Gasteiger partial charge is 0.135 e. The molecule has 0 spiro atoms. The Morgan fingerprint density at radius 3 is 2.00 bits per heavy atom. The van der Waals surface area contributed by atoms with Crippen LogP contribution in [0.5, 0.6) is 5.75 Å². The molecule has 0 radical (unpaired) electrons. The van der Waals surface area contributed by atoms with Gasteiger partial charge in [0.05, 0.1) is 0 Å². The molecule has 0 saturated carbocycles. The predicted octanol–water partition coefficient (Wildman–Crippen LogP) is 11.3. The van der Waals surface area contributed by atoms with Gasteiger partial charge in [-0.2, -0.15) is 0 Å². The Kier molecular flexibility index (Phi) is 7.76. The van der Waals surface area contributed by atoms with Crippen LogP contribution >= 0.6 is 0 Å². The second kappa shape index (κ2) is 12.1. The van der Waals surface area contributed by atoms with E-state index in [9.17, 15) is 0 Å². The van der Waals surface area contributed by atoms with Crippen LogP contribution in [0.3, 0.4) is 0 Å². The molecule has 1 aliphatic rings. The van der Waals surface area contributed by atoms with Crippen LogP contribution < -0.4 is 4.74 Å². The predicted molar refractivity (Wildman–Crippen MR) is 191 cm³/mol. The van der Waals surface area contributed by atoms with E-state index in [0.717, 1.165) is 11.1 Å². The van der Waals surface area contributed by atoms with Crippen molar-refractivity contribution in [1.29, 1.82) is 0 Å². The molecule has 7 rings (SSSR count). The van der Waals surface area contributed by atoms with E-state index in [1.165, 1.54) is 73.1 Å². The molecule has 0 amide bonds. The van der Waals surface area contributed by atoms with Crippen molar-refractivity contribution in [2.75, 3.05) is 6.61 Å². The minimum absolute atomic E-state index is 0.413. The number of rotatable bonds is 9. The number of hydrogen-bond acceptors (Lipinski definition) is 1. The Labute approximate surface area is 263 Å². The van der Waals surface area contributed by atoms with Crippen LogP contribution in [0.1, 0.15) is 30.5 Å². The highest BCUT2D eigenvalue weighted by molar-refractivity contribution is 6.62. The summed E-state index contributed by atoms with van der Waals surface area (Å²) in [4.78, 5) is 0. The van der Waals surface area contributed by atoms with Gasteiger partial charge in [-0.25, -0.2) is 0 Å². The van der Waals surface area contributed by atoms with Crippen molar-refractivity contribution >= 4 is 19.6 Å². The van der Waals surface area contributed by atoms with Crippen LogP contribution in [0.2, 0.25) is 12.1 Å². The van der Waals surface area contributed by atoms with Gasteiger partial charge < -0.3 is 4.74 Å². The average molecular weight is 587 g/mol. The molecule has 0 aliphatic heterocycles. The number of fused-ring (bicyclic) bond motifs is 4. The second-order valence-corrected chi connectivity index (χ2v) is 15.6. The maximum Gasteiger partial charge on any atom is 0.135 e. The topological polar surface area (TPSA) is 9.23 Å². The Morgan fingerprint density at radius 2 is 1.27 bits per heavy atom. The van der Waals surface area contributed by atoms with Crippen molar-refractivity contribution in [1.82, 2.24) is 0 Å². The van der Waals surface area contributed by atoms with E-state index in [2.05, 4.69) is 148 Å². The lowest BCUT2D eigenvalue weighted by Crippen LogP contribution is -2.22. The van der Waals surface area contributed by atoms with E-state index >= 15 is 0 Å². The molecule has 2 heteroatoms. The third kappa shape index (κ3) is 4.80. The SMILES string of the molecule is C=CCOc1c(-c2c(-c3ccccc3)ccc3c2C([SiH](CC)CC)c2cc(-c4ccccc4)ccc2-3)ccc2ccccc12. The van der Waals surface area contributed by atoms with Crippen molar-refractivity contribution < 1.29 is 4.74 Å². The van der Waals surface area contributed by atoms with Crippen LogP contribution in [-0.4, -0.2) is 15.4 Å². The van der Waals surface area contributed by atoms with Crippen molar-refractivity contribution in [3.8, 4) is 50.3 Å². The quantitative estimate of drug-likeness (QED) is 0.121. The average Bonchev–Trinajstić information content (AvgIpc) is 3.42. The normalized spacial score (nSPS) is 13.6. The van der Waals surface area contributed by atoms with Crippen molar-refractivity contribution in [2.45, 2.75) is 31.5 Å². The monoisotopic (exact) mass is 586 g/mol. The van der Waals surface area contributed by atoms with Crippen molar-refractivity contribution in [3.63, 3.8) is 0 Å². The zero-order valence-electron chi connectivity index (χ0n) is 25.6. The maximum absolute atomic E-state index is 6.60. The number of ether oxygens (including phenoxy) is 1. The molecular weight excluding hydrogens is 549 g/mol. The van der Waals surface area contributed by atoms with Gasteiger partial charge in [-0.15, -0.1) is 0 Å². The molecule has 1 nitrogen and oxygen atoms in total. The van der Waals surface area contributed by atoms with Gasteiger partial charge in [-0.3, -0.25) is 0 Å². The van der Waals surface area contributed by atoms with Crippen LogP contribution in [-0.2, 0) is 0 Å². The highest BCUT2D eigenvalue weighted by Gasteiger charge is 2.38. The highest BCUT2D eigenvalue weighted by Crippen LogP contribution is 2.55. The molecule has 1 unspecified atom stereocenters. The Balaban J connectivity index is 1.57. The van der Waals surface area contributed by atoms with Gasteiger partial charge in [0.1, 0.15) is 12.4 Å². The fourth-order valence-electron chi connectivity index (χ4n) is 7.34. The van der Waals surface area contributed by atoms with Crippen molar-refractivity contribution in [2.24, 2.45) is 0 Å². The summed E-state index contributed by atoms with van der Waals surface area (Å²) >= 11 is 0. The summed E-state index contributed by atoms with van der Waals surface area (Å²) in [5, 5.41) is 2.33. The van der Waals surface area contributed by atoms with Crippen LogP contribution in [0.15, 0.2) is 140 Å². The van der Waals surface area contributed by atoms with Crippen LogP contribution in [0.25, 0.3) is 55.3 Å². The minimum atomic E-state index is -1.24. The fraction of sp³-hybridized carbons (Fsp3) is 0.143. The first-order valence-corrected chi connectivity index (χ1v) is 18.2. The van der Waals surface area contributed by atoms with E-state index in [4.69, 9.17) is 4.74 Å². The van der Waals surface area contributed by atoms with E-state index in [1.54, 1.807) is 0 Å². The molecule has 0 fully saturated rings. The first-order valence-electron chi connectivity index (χ1n) is 15.9. The molecule has 0 N–H and O–H groups in total. The van der Waals surface area contributed by atoms with Crippen LogP contribution in [0.4, 0.5) is 0 Å². The molecule has 0 heterocycles. The second-order valence-electron chi connectivity index (χ2n) is 11.8. The standard InChI is InChI=1S/C42H38OSi/c1-4-27-43-41-34-20-14-13-19-31(34)21-24-37(41)39-33(30-17-11-8-12-18-30)25-26-36-35-23-22-32(29-15-9-7-10-16-29)28-38(35)42(40(36)39)44(5-2)6-3/h4,7-26,28,42,44H,1,5-6,27H2,2-3H3. The zero-order valence-corrected chi connectivity index (χ0v) is 26.7. The minimum Gasteiger partial charge on any atom is -0.488 e. The third-order valence-corrected chi connectivity index (χ3v) is 13.2. The number of benzene rings is 6. The number of hydrogen-bond donors (Lipinski definition) is 0. The van der Waals surface area contributed by atoms with Gasteiger partial charge >= 0.3 is 0 Å². The van der Waals surface area contributed by atoms with Gasteiger partial charge in [-0.05, 0) is 61.5 Å². The lowest BCUT2D eigenvalue weighted by Gasteiger charge is -2.27. The zero-order chi connectivity index (χ0) is 30.0. The largest absolute Gasteiger partial charge is 0.488 e. The third-order valence-electron chi connectivity index (χ3n) is 9.44. The summed E-state index contributed by atoms with van der Waals surface area (Å²) in [5.41, 5.74) is 13.7. The van der Waals surface area contributed by atoms with Gasteiger partial charge in [0, 0.05) is 25.3 Å². The first kappa shape index (κ1) is 28.1. The summed E-state index contributed by atoms with van der Waals surface area (Å²) < 4.78 is 6.60. The lowest BCUT2D eigenvalue weighted by atomic mass is 9.86. The Bertz CT molecular complexity index is 1950. The molecule has 0 aromatic heterocycles. The first-order chi connectivity index (χ1) is 21.7.